The van der Waals surface area contributed by atoms with Gasteiger partial charge in [0.2, 0.25) is 5.91 Å². The van der Waals surface area contributed by atoms with E-state index in [0.717, 1.165) is 4.90 Å². The molecule has 0 heterocycles. The van der Waals surface area contributed by atoms with Crippen LogP contribution in [-0.4, -0.2) is 18.0 Å². The van der Waals surface area contributed by atoms with E-state index in [2.05, 4.69) is 42.7 Å². The van der Waals surface area contributed by atoms with Gasteiger partial charge in [0, 0.05) is 15.5 Å². The third-order valence-corrected chi connectivity index (χ3v) is 5.20. The Labute approximate surface area is 165 Å². The van der Waals surface area contributed by atoms with Crippen molar-refractivity contribution < 1.29 is 9.59 Å². The number of anilines is 1. The predicted molar refractivity (Wildman–Crippen MR) is 111 cm³/mol. The summed E-state index contributed by atoms with van der Waals surface area (Å²) >= 11 is 1.69. The van der Waals surface area contributed by atoms with Gasteiger partial charge >= 0.3 is 6.03 Å². The summed E-state index contributed by atoms with van der Waals surface area (Å²) in [7, 11) is 0. The van der Waals surface area contributed by atoms with Crippen molar-refractivity contribution in [3.8, 4) is 0 Å². The lowest BCUT2D eigenvalue weighted by Gasteiger charge is -2.19. The van der Waals surface area contributed by atoms with E-state index in [1.165, 1.54) is 16.0 Å². The van der Waals surface area contributed by atoms with Crippen molar-refractivity contribution in [3.63, 3.8) is 0 Å². The van der Waals surface area contributed by atoms with Crippen molar-refractivity contribution in [1.29, 1.82) is 0 Å². The molecule has 3 amide bonds. The van der Waals surface area contributed by atoms with Crippen LogP contribution in [-0.2, 0) is 4.79 Å². The number of nitrogens with one attached hydrogen (secondary N) is 2. The zero-order chi connectivity index (χ0) is 20.0. The third kappa shape index (κ3) is 6.64. The van der Waals surface area contributed by atoms with Gasteiger partial charge in [-0.05, 0) is 67.6 Å². The number of benzene rings is 2. The zero-order valence-electron chi connectivity index (χ0n) is 16.2. The number of nitrogens with two attached hydrogens (primary N) is 1. The number of amides is 3. The Kier molecular flexibility index (Phi) is 7.30. The van der Waals surface area contributed by atoms with Crippen molar-refractivity contribution in [2.24, 2.45) is 11.7 Å². The summed E-state index contributed by atoms with van der Waals surface area (Å²) in [6, 6.07) is 12.7. The van der Waals surface area contributed by atoms with Gasteiger partial charge in [0.05, 0.1) is 0 Å². The fourth-order valence-corrected chi connectivity index (χ4v) is 3.65. The SMILES string of the molecule is Cc1ccc(C)c(Sc2ccc(NC(=O)C(CC(C)C)NC(N)=O)cc2)c1. The van der Waals surface area contributed by atoms with Crippen molar-refractivity contribution >= 4 is 29.4 Å². The van der Waals surface area contributed by atoms with Crippen molar-refractivity contribution in [2.45, 2.75) is 49.9 Å². The third-order valence-electron chi connectivity index (χ3n) is 4.03. The molecule has 0 spiro atoms. The predicted octanol–water partition coefficient (Wildman–Crippen LogP) is 4.48. The zero-order valence-corrected chi connectivity index (χ0v) is 17.0. The fraction of sp³-hybridized carbons (Fsp3) is 0.333. The normalized spacial score (nSPS) is 11.9. The fourth-order valence-electron chi connectivity index (χ4n) is 2.65. The van der Waals surface area contributed by atoms with Crippen LogP contribution < -0.4 is 16.4 Å². The number of aryl methyl sites for hydroxylation is 2. The molecule has 0 fully saturated rings. The highest BCUT2D eigenvalue weighted by atomic mass is 32.2. The number of hydrogen-bond donors (Lipinski definition) is 3. The smallest absolute Gasteiger partial charge is 0.312 e. The van der Waals surface area contributed by atoms with E-state index in [1.54, 1.807) is 11.8 Å². The number of urea groups is 1. The molecule has 27 heavy (non-hydrogen) atoms. The first kappa shape index (κ1) is 20.8. The van der Waals surface area contributed by atoms with Crippen LogP contribution in [0.1, 0.15) is 31.4 Å². The van der Waals surface area contributed by atoms with E-state index in [1.807, 2.05) is 38.1 Å². The Morgan fingerprint density at radius 1 is 1.07 bits per heavy atom. The molecule has 6 heteroatoms. The van der Waals surface area contributed by atoms with E-state index >= 15 is 0 Å². The second-order valence-electron chi connectivity index (χ2n) is 7.08. The number of hydrogen-bond acceptors (Lipinski definition) is 3. The van der Waals surface area contributed by atoms with E-state index in [4.69, 9.17) is 5.73 Å². The van der Waals surface area contributed by atoms with Crippen LogP contribution in [0.3, 0.4) is 0 Å². The molecule has 2 aromatic rings. The van der Waals surface area contributed by atoms with Crippen LogP contribution in [0.15, 0.2) is 52.3 Å². The largest absolute Gasteiger partial charge is 0.352 e. The summed E-state index contributed by atoms with van der Waals surface area (Å²) < 4.78 is 0. The Bertz CT molecular complexity index is 804. The van der Waals surface area contributed by atoms with Gasteiger partial charge in [0.1, 0.15) is 6.04 Å². The first-order valence-electron chi connectivity index (χ1n) is 8.96. The minimum Gasteiger partial charge on any atom is -0.352 e. The first-order valence-corrected chi connectivity index (χ1v) is 9.78. The molecule has 4 N–H and O–H groups in total. The molecule has 0 aliphatic rings. The minimum absolute atomic E-state index is 0.254. The lowest BCUT2D eigenvalue weighted by Crippen LogP contribution is -2.46. The second kappa shape index (κ2) is 9.46. The molecule has 5 nitrogen and oxygen atoms in total. The monoisotopic (exact) mass is 385 g/mol. The van der Waals surface area contributed by atoms with Gasteiger partial charge in [-0.2, -0.15) is 0 Å². The van der Waals surface area contributed by atoms with Gasteiger partial charge in [-0.1, -0.05) is 37.7 Å². The molecule has 1 atom stereocenters. The Hall–Kier alpha value is -2.47. The van der Waals surface area contributed by atoms with E-state index in [0.29, 0.717) is 12.1 Å². The summed E-state index contributed by atoms with van der Waals surface area (Å²) in [5.74, 6) is -0.0126. The van der Waals surface area contributed by atoms with Crippen LogP contribution in [0.5, 0.6) is 0 Å². The number of carbonyl (C=O) groups is 2. The summed E-state index contributed by atoms with van der Waals surface area (Å²) in [5.41, 5.74) is 8.33. The molecule has 0 radical (unpaired) electrons. The molecule has 0 aliphatic carbocycles. The Morgan fingerprint density at radius 3 is 2.33 bits per heavy atom. The molecular weight excluding hydrogens is 358 g/mol. The van der Waals surface area contributed by atoms with Gasteiger partial charge in [-0.15, -0.1) is 0 Å². The summed E-state index contributed by atoms with van der Waals surface area (Å²) in [6.07, 6.45) is 0.523. The highest BCUT2D eigenvalue weighted by Gasteiger charge is 2.21. The van der Waals surface area contributed by atoms with Gasteiger partial charge in [-0.25, -0.2) is 4.79 Å². The van der Waals surface area contributed by atoms with Gasteiger partial charge in [0.25, 0.3) is 0 Å². The quantitative estimate of drug-likeness (QED) is 0.657. The average molecular weight is 386 g/mol. The maximum atomic E-state index is 12.5. The van der Waals surface area contributed by atoms with Crippen LogP contribution in [0.4, 0.5) is 10.5 Å². The molecular formula is C21H27N3O2S. The van der Waals surface area contributed by atoms with E-state index in [-0.39, 0.29) is 11.8 Å². The van der Waals surface area contributed by atoms with Crippen LogP contribution in [0.2, 0.25) is 0 Å². The van der Waals surface area contributed by atoms with E-state index < -0.39 is 12.1 Å². The van der Waals surface area contributed by atoms with Gasteiger partial charge in [0.15, 0.2) is 0 Å². The molecule has 144 valence electrons. The molecule has 0 aromatic heterocycles. The number of rotatable bonds is 7. The Morgan fingerprint density at radius 2 is 1.74 bits per heavy atom. The van der Waals surface area contributed by atoms with Crippen molar-refractivity contribution in [2.75, 3.05) is 5.32 Å². The lowest BCUT2D eigenvalue weighted by atomic mass is 10.0. The van der Waals surface area contributed by atoms with Gasteiger partial charge in [-0.3, -0.25) is 4.79 Å². The molecule has 0 aliphatic heterocycles. The summed E-state index contributed by atoms with van der Waals surface area (Å²) in [4.78, 5) is 25.9. The van der Waals surface area contributed by atoms with Crippen molar-refractivity contribution in [1.82, 2.24) is 5.32 Å². The topological polar surface area (TPSA) is 84.2 Å². The van der Waals surface area contributed by atoms with Crippen LogP contribution in [0, 0.1) is 19.8 Å². The standard InChI is InChI=1S/C21H27N3O2S/c1-13(2)11-18(24-21(22)26)20(25)23-16-7-9-17(10-8-16)27-19-12-14(3)5-6-15(19)4/h5-10,12-13,18H,11H2,1-4H3,(H,23,25)(H3,22,24,26). The molecule has 2 aromatic carbocycles. The average Bonchev–Trinajstić information content (AvgIpc) is 2.58. The number of carbonyl (C=O) groups excluding carboxylic acids is 2. The van der Waals surface area contributed by atoms with Gasteiger partial charge < -0.3 is 16.4 Å². The molecule has 1 unspecified atom stereocenters. The summed E-state index contributed by atoms with van der Waals surface area (Å²) in [5, 5.41) is 5.36. The Balaban J connectivity index is 2.04. The van der Waals surface area contributed by atoms with Crippen LogP contribution in [0.25, 0.3) is 0 Å². The minimum atomic E-state index is -0.698. The number of primary amides is 1. The van der Waals surface area contributed by atoms with E-state index in [9.17, 15) is 9.59 Å². The maximum Gasteiger partial charge on any atom is 0.312 e. The molecule has 0 bridgehead atoms. The molecule has 2 rings (SSSR count). The highest BCUT2D eigenvalue weighted by Crippen LogP contribution is 2.31. The maximum absolute atomic E-state index is 12.5. The van der Waals surface area contributed by atoms with Crippen molar-refractivity contribution in [3.05, 3.63) is 53.6 Å². The second-order valence-corrected chi connectivity index (χ2v) is 8.19. The first-order chi connectivity index (χ1) is 12.7. The molecule has 0 saturated carbocycles. The highest BCUT2D eigenvalue weighted by molar-refractivity contribution is 7.99. The molecule has 0 saturated heterocycles. The summed E-state index contributed by atoms with van der Waals surface area (Å²) in [6.45, 7) is 8.15. The van der Waals surface area contributed by atoms with Crippen LogP contribution >= 0.6 is 11.8 Å². The lowest BCUT2D eigenvalue weighted by molar-refractivity contribution is -0.118.